The van der Waals surface area contributed by atoms with Crippen molar-refractivity contribution in [3.63, 3.8) is 0 Å². The van der Waals surface area contributed by atoms with E-state index < -0.39 is 0 Å². The van der Waals surface area contributed by atoms with Crippen LogP contribution in [-0.4, -0.2) is 5.48 Å². The standard InChI is InChI=1S/C12H4Br6.H2O/c13-6-4-2-1-3-5(6)7-8(14)10(16)12(18)11(17)9(7)15;/h1-4H;1H2. The third kappa shape index (κ3) is 3.55. The van der Waals surface area contributed by atoms with Crippen molar-refractivity contribution in [2.45, 2.75) is 0 Å². The van der Waals surface area contributed by atoms with Crippen LogP contribution >= 0.6 is 95.6 Å². The molecule has 0 saturated carbocycles. The van der Waals surface area contributed by atoms with E-state index in [2.05, 4.69) is 102 Å². The molecule has 1 nitrogen and oxygen atoms in total. The van der Waals surface area contributed by atoms with Crippen molar-refractivity contribution in [2.75, 3.05) is 0 Å². The van der Waals surface area contributed by atoms with Gasteiger partial charge in [0.15, 0.2) is 0 Å². The molecule has 102 valence electrons. The smallest absolute Gasteiger partial charge is 0.0482 e. The first-order valence-corrected chi connectivity index (χ1v) is 9.47. The van der Waals surface area contributed by atoms with Gasteiger partial charge in [-0.15, -0.1) is 0 Å². The Hall–Kier alpha value is 1.28. The van der Waals surface area contributed by atoms with Crippen LogP contribution in [0.1, 0.15) is 0 Å². The Bertz CT molecular complexity index is 597. The normalized spacial score (nSPS) is 10.2. The zero-order valence-electron chi connectivity index (χ0n) is 9.08. The van der Waals surface area contributed by atoms with E-state index in [1.165, 1.54) is 0 Å². The highest BCUT2D eigenvalue weighted by atomic mass is 79.9. The van der Waals surface area contributed by atoms with Gasteiger partial charge in [-0.05, 0) is 91.3 Å². The van der Waals surface area contributed by atoms with Crippen LogP contribution in [0.4, 0.5) is 0 Å². The second kappa shape index (κ2) is 7.51. The van der Waals surface area contributed by atoms with Gasteiger partial charge in [-0.1, -0.05) is 34.1 Å². The summed E-state index contributed by atoms with van der Waals surface area (Å²) in [5, 5.41) is 0. The van der Waals surface area contributed by atoms with Crippen molar-refractivity contribution in [2.24, 2.45) is 0 Å². The fraction of sp³-hybridized carbons (Fsp3) is 0. The van der Waals surface area contributed by atoms with E-state index in [4.69, 9.17) is 0 Å². The molecular weight excluding hydrogens is 640 g/mol. The molecule has 7 heteroatoms. The fourth-order valence-electron chi connectivity index (χ4n) is 1.51. The van der Waals surface area contributed by atoms with Gasteiger partial charge in [0.1, 0.15) is 0 Å². The molecule has 0 spiro atoms. The first kappa shape index (κ1) is 18.3. The Kier molecular flexibility index (Phi) is 7.25. The Labute approximate surface area is 161 Å². The molecule has 0 bridgehead atoms. The lowest BCUT2D eigenvalue weighted by Gasteiger charge is -2.15. The topological polar surface area (TPSA) is 31.5 Å². The Morgan fingerprint density at radius 2 is 1.00 bits per heavy atom. The van der Waals surface area contributed by atoms with Crippen LogP contribution in [0, 0.1) is 0 Å². The third-order valence-corrected chi connectivity index (χ3v) is 9.14. The molecule has 0 fully saturated rings. The molecule has 2 aromatic carbocycles. The lowest BCUT2D eigenvalue weighted by atomic mass is 10.1. The van der Waals surface area contributed by atoms with Gasteiger partial charge in [0.25, 0.3) is 0 Å². The second-order valence-electron chi connectivity index (χ2n) is 3.42. The molecule has 0 aromatic heterocycles. The van der Waals surface area contributed by atoms with Gasteiger partial charge in [0, 0.05) is 32.4 Å². The van der Waals surface area contributed by atoms with Gasteiger partial charge in [0.2, 0.25) is 0 Å². The maximum atomic E-state index is 3.64. The number of rotatable bonds is 1. The lowest BCUT2D eigenvalue weighted by Crippen LogP contribution is -1.88. The maximum absolute atomic E-state index is 3.64. The van der Waals surface area contributed by atoms with Gasteiger partial charge >= 0.3 is 0 Å². The van der Waals surface area contributed by atoms with Gasteiger partial charge in [0.05, 0.1) is 0 Å². The molecule has 0 radical (unpaired) electrons. The molecule has 2 rings (SSSR count). The highest BCUT2D eigenvalue weighted by Crippen LogP contribution is 2.49. The zero-order chi connectivity index (χ0) is 13.4. The predicted molar refractivity (Wildman–Crippen MR) is 102 cm³/mol. The van der Waals surface area contributed by atoms with Crippen LogP contribution in [0.5, 0.6) is 0 Å². The molecule has 0 heterocycles. The number of benzene rings is 2. The molecular formula is C12H6Br6O. The number of halogens is 6. The van der Waals surface area contributed by atoms with Gasteiger partial charge in [-0.3, -0.25) is 0 Å². The van der Waals surface area contributed by atoms with Gasteiger partial charge in [-0.2, -0.15) is 0 Å². The molecule has 19 heavy (non-hydrogen) atoms. The summed E-state index contributed by atoms with van der Waals surface area (Å²) >= 11 is 21.6. The van der Waals surface area contributed by atoms with E-state index in [9.17, 15) is 0 Å². The van der Waals surface area contributed by atoms with Crippen LogP contribution in [0.3, 0.4) is 0 Å². The van der Waals surface area contributed by atoms with Crippen molar-refractivity contribution < 1.29 is 5.48 Å². The predicted octanol–water partition coefficient (Wildman–Crippen LogP) is 7.10. The lowest BCUT2D eigenvalue weighted by molar-refractivity contribution is 0.824. The third-order valence-electron chi connectivity index (χ3n) is 2.35. The quantitative estimate of drug-likeness (QED) is 0.234. The molecule has 0 aliphatic heterocycles. The summed E-state index contributed by atoms with van der Waals surface area (Å²) in [7, 11) is 0. The minimum Gasteiger partial charge on any atom is -0.412 e. The summed E-state index contributed by atoms with van der Waals surface area (Å²) in [4.78, 5) is 0. The molecule has 0 unspecified atom stereocenters. The summed E-state index contributed by atoms with van der Waals surface area (Å²) in [6.45, 7) is 0. The van der Waals surface area contributed by atoms with E-state index in [1.54, 1.807) is 0 Å². The van der Waals surface area contributed by atoms with Gasteiger partial charge in [-0.25, -0.2) is 0 Å². The van der Waals surface area contributed by atoms with E-state index >= 15 is 0 Å². The van der Waals surface area contributed by atoms with Crippen LogP contribution in [-0.2, 0) is 0 Å². The highest BCUT2D eigenvalue weighted by molar-refractivity contribution is 9.15. The second-order valence-corrected chi connectivity index (χ2v) is 8.24. The van der Waals surface area contributed by atoms with E-state index in [-0.39, 0.29) is 5.48 Å². The number of hydrogen-bond acceptors (Lipinski definition) is 0. The molecule has 0 atom stereocenters. The molecule has 0 aliphatic carbocycles. The Morgan fingerprint density at radius 3 is 1.47 bits per heavy atom. The first-order chi connectivity index (χ1) is 8.45. The average Bonchev–Trinajstić information content (AvgIpc) is 2.36. The van der Waals surface area contributed by atoms with Crippen molar-refractivity contribution >= 4 is 95.6 Å². The minimum absolute atomic E-state index is 0. The van der Waals surface area contributed by atoms with Crippen LogP contribution in [0.25, 0.3) is 11.1 Å². The van der Waals surface area contributed by atoms with Crippen molar-refractivity contribution in [1.29, 1.82) is 0 Å². The Morgan fingerprint density at radius 1 is 0.579 bits per heavy atom. The largest absolute Gasteiger partial charge is 0.412 e. The number of hydrogen-bond donors (Lipinski definition) is 0. The molecule has 0 saturated heterocycles. The summed E-state index contributed by atoms with van der Waals surface area (Å²) in [5.74, 6) is 0. The highest BCUT2D eigenvalue weighted by Gasteiger charge is 2.19. The first-order valence-electron chi connectivity index (χ1n) is 4.71. The van der Waals surface area contributed by atoms with E-state index in [0.29, 0.717) is 0 Å². The monoisotopic (exact) mass is 640 g/mol. The molecule has 0 aliphatic rings. The molecule has 0 amide bonds. The van der Waals surface area contributed by atoms with Crippen LogP contribution in [0.2, 0.25) is 0 Å². The zero-order valence-corrected chi connectivity index (χ0v) is 18.6. The van der Waals surface area contributed by atoms with Crippen LogP contribution < -0.4 is 0 Å². The van der Waals surface area contributed by atoms with Crippen molar-refractivity contribution in [3.8, 4) is 11.1 Å². The van der Waals surface area contributed by atoms with E-state index in [1.807, 2.05) is 18.2 Å². The van der Waals surface area contributed by atoms with Gasteiger partial charge < -0.3 is 5.48 Å². The van der Waals surface area contributed by atoms with Crippen molar-refractivity contribution in [1.82, 2.24) is 0 Å². The molecule has 2 aromatic rings. The van der Waals surface area contributed by atoms with Crippen molar-refractivity contribution in [3.05, 3.63) is 51.1 Å². The fourth-order valence-corrected chi connectivity index (χ4v) is 5.46. The minimum atomic E-state index is 0. The summed E-state index contributed by atoms with van der Waals surface area (Å²) in [6.07, 6.45) is 0. The Balaban J connectivity index is 0.00000180. The average molecular weight is 646 g/mol. The van der Waals surface area contributed by atoms with Crippen LogP contribution in [0.15, 0.2) is 51.1 Å². The summed E-state index contributed by atoms with van der Waals surface area (Å²) < 4.78 is 5.96. The maximum Gasteiger partial charge on any atom is 0.0482 e. The SMILES string of the molecule is Brc1ccccc1-c1c(Br)c(Br)c(Br)c(Br)c1Br.O. The molecule has 2 N–H and O–H groups in total. The summed E-state index contributed by atoms with van der Waals surface area (Å²) in [6, 6.07) is 8.11. The van der Waals surface area contributed by atoms with E-state index in [0.717, 1.165) is 38.0 Å². The summed E-state index contributed by atoms with van der Waals surface area (Å²) in [5.41, 5.74) is 2.20.